The average molecular weight is 249 g/mol. The summed E-state index contributed by atoms with van der Waals surface area (Å²) in [5, 5.41) is 0. The number of rotatable bonds is 1. The van der Waals surface area contributed by atoms with E-state index in [4.69, 9.17) is 15.2 Å². The fourth-order valence-electron chi connectivity index (χ4n) is 1.84. The molecular weight excluding hydrogens is 230 g/mol. The number of hydrogen-bond acceptors (Lipinski definition) is 4. The van der Waals surface area contributed by atoms with Crippen LogP contribution in [0.5, 0.6) is 11.5 Å². The molecule has 18 heavy (non-hydrogen) atoms. The van der Waals surface area contributed by atoms with Crippen LogP contribution >= 0.6 is 0 Å². The summed E-state index contributed by atoms with van der Waals surface area (Å²) in [6, 6.07) is 3.31. The highest BCUT2D eigenvalue weighted by Crippen LogP contribution is 2.44. The van der Waals surface area contributed by atoms with Crippen molar-refractivity contribution in [1.29, 1.82) is 0 Å². The minimum Gasteiger partial charge on any atom is -0.480 e. The molecule has 0 aliphatic carbocycles. The minimum atomic E-state index is -0.482. The molecule has 0 unspecified atom stereocenters. The van der Waals surface area contributed by atoms with Crippen LogP contribution in [-0.4, -0.2) is 17.0 Å². The van der Waals surface area contributed by atoms with Crippen molar-refractivity contribution in [3.05, 3.63) is 17.7 Å². The van der Waals surface area contributed by atoms with Gasteiger partial charge in [-0.2, -0.15) is 0 Å². The zero-order valence-corrected chi connectivity index (χ0v) is 11.5. The molecule has 2 rings (SSSR count). The second-order valence-electron chi connectivity index (χ2n) is 5.67. The van der Waals surface area contributed by atoms with Gasteiger partial charge >= 0.3 is 0 Å². The maximum absolute atomic E-state index is 11.5. The van der Waals surface area contributed by atoms with Crippen LogP contribution in [-0.2, 0) is 0 Å². The Morgan fingerprint density at radius 3 is 1.94 bits per heavy atom. The standard InChI is InChI=1S/C14H19NO3/c1-8(16)9-6-11-12(7-10(9)15)18-14(4,5)13(2,3)17-11/h6-7H,15H2,1-5H3. The highest BCUT2D eigenvalue weighted by atomic mass is 16.6. The van der Waals surface area contributed by atoms with Gasteiger partial charge in [0.2, 0.25) is 0 Å². The number of nitrogen functional groups attached to an aromatic ring is 1. The number of Topliss-reactive ketones (excluding diaryl/α,β-unsaturated/α-hetero) is 1. The molecule has 1 heterocycles. The van der Waals surface area contributed by atoms with E-state index in [-0.39, 0.29) is 5.78 Å². The zero-order chi connectivity index (χ0) is 13.7. The molecule has 1 aliphatic rings. The fraction of sp³-hybridized carbons (Fsp3) is 0.500. The van der Waals surface area contributed by atoms with Gasteiger partial charge in [-0.25, -0.2) is 0 Å². The third-order valence-corrected chi connectivity index (χ3v) is 3.68. The Labute approximate surface area is 107 Å². The normalized spacial score (nSPS) is 19.4. The van der Waals surface area contributed by atoms with Gasteiger partial charge in [-0.3, -0.25) is 4.79 Å². The molecule has 0 saturated carbocycles. The van der Waals surface area contributed by atoms with Crippen LogP contribution in [0.25, 0.3) is 0 Å². The molecule has 0 atom stereocenters. The van der Waals surface area contributed by atoms with Gasteiger partial charge in [0.15, 0.2) is 17.3 Å². The molecule has 0 spiro atoms. The molecule has 4 heteroatoms. The summed E-state index contributed by atoms with van der Waals surface area (Å²) in [6.07, 6.45) is 0. The largest absolute Gasteiger partial charge is 0.480 e. The number of ether oxygens (including phenoxy) is 2. The number of carbonyl (C=O) groups is 1. The van der Waals surface area contributed by atoms with Crippen molar-refractivity contribution in [3.63, 3.8) is 0 Å². The first-order chi connectivity index (χ1) is 8.14. The van der Waals surface area contributed by atoms with E-state index >= 15 is 0 Å². The van der Waals surface area contributed by atoms with Crippen LogP contribution in [0.2, 0.25) is 0 Å². The summed E-state index contributed by atoms with van der Waals surface area (Å²) in [7, 11) is 0. The Kier molecular flexibility index (Phi) is 2.58. The van der Waals surface area contributed by atoms with Crippen LogP contribution in [0.1, 0.15) is 45.0 Å². The first-order valence-electron chi connectivity index (χ1n) is 5.96. The summed E-state index contributed by atoms with van der Waals surface area (Å²) in [5.74, 6) is 1.07. The smallest absolute Gasteiger partial charge is 0.164 e. The highest BCUT2D eigenvalue weighted by Gasteiger charge is 2.45. The van der Waals surface area contributed by atoms with Crippen molar-refractivity contribution in [2.75, 3.05) is 5.73 Å². The van der Waals surface area contributed by atoms with Gasteiger partial charge in [0.1, 0.15) is 11.2 Å². The van der Waals surface area contributed by atoms with E-state index in [1.807, 2.05) is 27.7 Å². The summed E-state index contributed by atoms with van der Waals surface area (Å²) < 4.78 is 11.9. The van der Waals surface area contributed by atoms with E-state index in [0.29, 0.717) is 22.7 Å². The Bertz CT molecular complexity index is 518. The minimum absolute atomic E-state index is 0.0819. The number of carbonyl (C=O) groups excluding carboxylic acids is 1. The maximum Gasteiger partial charge on any atom is 0.164 e. The monoisotopic (exact) mass is 249 g/mol. The van der Waals surface area contributed by atoms with Crippen molar-refractivity contribution in [2.45, 2.75) is 45.8 Å². The molecule has 0 saturated heterocycles. The maximum atomic E-state index is 11.5. The van der Waals surface area contributed by atoms with E-state index < -0.39 is 11.2 Å². The lowest BCUT2D eigenvalue weighted by Gasteiger charge is -2.45. The third-order valence-electron chi connectivity index (χ3n) is 3.68. The van der Waals surface area contributed by atoms with Crippen LogP contribution < -0.4 is 15.2 Å². The molecule has 98 valence electrons. The van der Waals surface area contributed by atoms with Gasteiger partial charge in [-0.05, 0) is 40.7 Å². The predicted octanol–water partition coefficient (Wildman–Crippen LogP) is 2.80. The van der Waals surface area contributed by atoms with Gasteiger partial charge in [0, 0.05) is 17.3 Å². The molecule has 0 bridgehead atoms. The van der Waals surface area contributed by atoms with Crippen molar-refractivity contribution >= 4 is 11.5 Å². The lowest BCUT2D eigenvalue weighted by molar-refractivity contribution is -0.0990. The van der Waals surface area contributed by atoms with E-state index in [0.717, 1.165) is 0 Å². The molecule has 0 amide bonds. The third kappa shape index (κ3) is 1.82. The first kappa shape index (κ1) is 12.7. The number of hydrogen-bond donors (Lipinski definition) is 1. The summed E-state index contributed by atoms with van der Waals surface area (Å²) in [6.45, 7) is 9.33. The van der Waals surface area contributed by atoms with Crippen LogP contribution in [0.3, 0.4) is 0 Å². The van der Waals surface area contributed by atoms with E-state index in [2.05, 4.69) is 0 Å². The lowest BCUT2D eigenvalue weighted by Crippen LogP contribution is -2.56. The topological polar surface area (TPSA) is 61.6 Å². The first-order valence-corrected chi connectivity index (χ1v) is 5.96. The Morgan fingerprint density at radius 1 is 1.06 bits per heavy atom. The number of nitrogens with two attached hydrogens (primary N) is 1. The molecule has 0 radical (unpaired) electrons. The average Bonchev–Trinajstić information content (AvgIpc) is 2.18. The molecule has 1 aromatic carbocycles. The van der Waals surface area contributed by atoms with Crippen molar-refractivity contribution in [1.82, 2.24) is 0 Å². The molecule has 2 N–H and O–H groups in total. The summed E-state index contributed by atoms with van der Waals surface area (Å²) >= 11 is 0. The fourth-order valence-corrected chi connectivity index (χ4v) is 1.84. The summed E-state index contributed by atoms with van der Waals surface area (Å²) in [4.78, 5) is 11.5. The Hall–Kier alpha value is -1.71. The number of ketones is 1. The molecule has 1 aromatic rings. The second-order valence-corrected chi connectivity index (χ2v) is 5.67. The molecule has 1 aliphatic heterocycles. The molecule has 0 fully saturated rings. The van der Waals surface area contributed by atoms with E-state index in [1.54, 1.807) is 12.1 Å². The van der Waals surface area contributed by atoms with Gasteiger partial charge in [0.25, 0.3) is 0 Å². The van der Waals surface area contributed by atoms with Crippen LogP contribution in [0, 0.1) is 0 Å². The molecular formula is C14H19NO3. The van der Waals surface area contributed by atoms with E-state index in [9.17, 15) is 4.79 Å². The van der Waals surface area contributed by atoms with Crippen LogP contribution in [0.4, 0.5) is 5.69 Å². The zero-order valence-electron chi connectivity index (χ0n) is 11.5. The van der Waals surface area contributed by atoms with Gasteiger partial charge < -0.3 is 15.2 Å². The van der Waals surface area contributed by atoms with Gasteiger partial charge in [0.05, 0.1) is 0 Å². The summed E-state index contributed by atoms with van der Waals surface area (Å²) in [5.41, 5.74) is 5.78. The highest BCUT2D eigenvalue weighted by molar-refractivity contribution is 6.00. The predicted molar refractivity (Wildman–Crippen MR) is 70.3 cm³/mol. The molecule has 4 nitrogen and oxygen atoms in total. The van der Waals surface area contributed by atoms with Crippen molar-refractivity contribution in [3.8, 4) is 11.5 Å². The van der Waals surface area contributed by atoms with Crippen molar-refractivity contribution < 1.29 is 14.3 Å². The number of anilines is 1. The van der Waals surface area contributed by atoms with Gasteiger partial charge in [-0.15, -0.1) is 0 Å². The van der Waals surface area contributed by atoms with Crippen LogP contribution in [0.15, 0.2) is 12.1 Å². The molecule has 0 aromatic heterocycles. The second kappa shape index (κ2) is 3.64. The number of fused-ring (bicyclic) bond motifs is 1. The van der Waals surface area contributed by atoms with E-state index in [1.165, 1.54) is 6.92 Å². The number of benzene rings is 1. The Morgan fingerprint density at radius 2 is 1.50 bits per heavy atom. The lowest BCUT2D eigenvalue weighted by atomic mass is 9.87. The van der Waals surface area contributed by atoms with Crippen molar-refractivity contribution in [2.24, 2.45) is 0 Å². The Balaban J connectivity index is 2.55. The quantitative estimate of drug-likeness (QED) is 0.614. The van der Waals surface area contributed by atoms with Gasteiger partial charge in [-0.1, -0.05) is 0 Å². The SMILES string of the molecule is CC(=O)c1cc2c(cc1N)OC(C)(C)C(C)(C)O2.